The fraction of sp³-hybridized carbons (Fsp3) is 0.229. The Labute approximate surface area is 250 Å². The third kappa shape index (κ3) is 6.96. The molecule has 1 aliphatic carbocycles. The van der Waals surface area contributed by atoms with Crippen LogP contribution in [0.2, 0.25) is 0 Å². The molecule has 216 valence electrons. The lowest BCUT2D eigenvalue weighted by atomic mass is 9.86. The van der Waals surface area contributed by atoms with E-state index in [-0.39, 0.29) is 17.8 Å². The molecule has 2 atom stereocenters. The van der Waals surface area contributed by atoms with Crippen molar-refractivity contribution in [3.63, 3.8) is 0 Å². The third-order valence-electron chi connectivity index (χ3n) is 7.49. The van der Waals surface area contributed by atoms with Crippen molar-refractivity contribution in [3.05, 3.63) is 125 Å². The second kappa shape index (κ2) is 12.3. The van der Waals surface area contributed by atoms with Gasteiger partial charge in [-0.05, 0) is 52.8 Å². The number of hydrogen-bond donors (Lipinski definition) is 2. The maximum atomic E-state index is 12.8. The van der Waals surface area contributed by atoms with E-state index < -0.39 is 17.9 Å². The molecule has 5 rings (SSSR count). The number of carbonyl (C=O) groups is 2. The molecule has 0 fully saturated rings. The molecule has 1 aromatic heterocycles. The minimum Gasteiger partial charge on any atom is -0.480 e. The highest BCUT2D eigenvalue weighted by molar-refractivity contribution is 5.96. The summed E-state index contributed by atoms with van der Waals surface area (Å²) in [6, 6.07) is 23.1. The van der Waals surface area contributed by atoms with Crippen LogP contribution in [-0.2, 0) is 16.6 Å². The summed E-state index contributed by atoms with van der Waals surface area (Å²) in [7, 11) is 0. The Bertz CT molecular complexity index is 1740. The van der Waals surface area contributed by atoms with E-state index in [0.717, 1.165) is 34.2 Å². The number of benzene rings is 3. The predicted octanol–water partition coefficient (Wildman–Crippen LogP) is 6.46. The predicted molar refractivity (Wildman–Crippen MR) is 163 cm³/mol. The van der Waals surface area contributed by atoms with Crippen LogP contribution in [0, 0.1) is 11.3 Å². The van der Waals surface area contributed by atoms with Gasteiger partial charge in [-0.3, -0.25) is 4.79 Å². The summed E-state index contributed by atoms with van der Waals surface area (Å²) >= 11 is 0. The highest BCUT2D eigenvalue weighted by Gasteiger charge is 2.22. The molecule has 3 aromatic carbocycles. The van der Waals surface area contributed by atoms with Crippen LogP contribution >= 0.6 is 0 Å². The highest BCUT2D eigenvalue weighted by Crippen LogP contribution is 2.31. The van der Waals surface area contributed by atoms with Gasteiger partial charge in [-0.1, -0.05) is 92.7 Å². The van der Waals surface area contributed by atoms with Crippen LogP contribution in [0.4, 0.5) is 0 Å². The van der Waals surface area contributed by atoms with E-state index in [1.54, 1.807) is 42.5 Å². The summed E-state index contributed by atoms with van der Waals surface area (Å²) in [5.74, 6) is -0.553. The van der Waals surface area contributed by atoms with E-state index in [2.05, 4.69) is 48.4 Å². The first-order valence-corrected chi connectivity index (χ1v) is 14.1. The SMILES string of the molecule is CC(C)(C)c1ccc(C(=O)N[C@@H](Cc2ccc(-c3noc(C4=CCC(c5cccc(C#N)c5)C=C4)n3)cc2)C(=O)O)cc1. The number of nitrogens with zero attached hydrogens (tertiary/aromatic N) is 3. The van der Waals surface area contributed by atoms with E-state index in [1.165, 1.54) is 0 Å². The summed E-state index contributed by atoms with van der Waals surface area (Å²) in [5.41, 5.74) is 5.47. The number of amides is 1. The van der Waals surface area contributed by atoms with E-state index >= 15 is 0 Å². The number of nitrogens with one attached hydrogen (secondary N) is 1. The minimum atomic E-state index is -1.11. The monoisotopic (exact) mass is 572 g/mol. The molecule has 0 saturated heterocycles. The van der Waals surface area contributed by atoms with Crippen LogP contribution in [0.5, 0.6) is 0 Å². The first-order valence-electron chi connectivity index (χ1n) is 14.1. The molecular weight excluding hydrogens is 540 g/mol. The number of carboxylic acid groups (broad SMARTS) is 1. The summed E-state index contributed by atoms with van der Waals surface area (Å²) in [5, 5.41) is 25.7. The summed E-state index contributed by atoms with van der Waals surface area (Å²) in [4.78, 5) is 29.3. The lowest BCUT2D eigenvalue weighted by Crippen LogP contribution is -2.42. The Hall–Kier alpha value is -5.29. The molecule has 1 heterocycles. The van der Waals surface area contributed by atoms with Gasteiger partial charge in [-0.15, -0.1) is 0 Å². The Morgan fingerprint density at radius 2 is 1.84 bits per heavy atom. The molecule has 0 saturated carbocycles. The van der Waals surface area contributed by atoms with Gasteiger partial charge in [0, 0.05) is 29.0 Å². The van der Waals surface area contributed by atoms with Crippen LogP contribution in [0.3, 0.4) is 0 Å². The van der Waals surface area contributed by atoms with Gasteiger partial charge in [-0.25, -0.2) is 4.79 Å². The average molecular weight is 573 g/mol. The number of allylic oxidation sites excluding steroid dienone is 4. The second-order valence-electron chi connectivity index (χ2n) is 11.6. The maximum absolute atomic E-state index is 12.8. The molecule has 1 aliphatic rings. The zero-order chi connectivity index (χ0) is 30.6. The zero-order valence-corrected chi connectivity index (χ0v) is 24.2. The Kier molecular flexibility index (Phi) is 8.35. The number of aliphatic carboxylic acids is 1. The fourth-order valence-corrected chi connectivity index (χ4v) is 4.91. The highest BCUT2D eigenvalue weighted by atomic mass is 16.5. The van der Waals surface area contributed by atoms with Crippen molar-refractivity contribution in [1.82, 2.24) is 15.5 Å². The van der Waals surface area contributed by atoms with E-state index in [4.69, 9.17) is 4.52 Å². The number of rotatable bonds is 8. The smallest absolute Gasteiger partial charge is 0.326 e. The molecule has 0 aliphatic heterocycles. The molecule has 8 heteroatoms. The molecule has 1 amide bonds. The van der Waals surface area contributed by atoms with Crippen molar-refractivity contribution in [2.75, 3.05) is 0 Å². The molecule has 4 aromatic rings. The summed E-state index contributed by atoms with van der Waals surface area (Å²) in [6.07, 6.45) is 6.94. The van der Waals surface area contributed by atoms with Gasteiger partial charge < -0.3 is 14.9 Å². The molecule has 0 spiro atoms. The number of carboxylic acids is 1. The van der Waals surface area contributed by atoms with Gasteiger partial charge in [0.2, 0.25) is 5.82 Å². The maximum Gasteiger partial charge on any atom is 0.326 e. The standard InChI is InChI=1S/C35H32N4O4/c1-35(2,3)29-17-15-26(16-18-29)32(40)37-30(34(41)42)20-22-7-9-25(10-8-22)31-38-33(43-39-31)27-13-11-24(12-14-27)28-6-4-5-23(19-28)21-36/h4-11,13-19,24,30H,12,20H2,1-3H3,(H,37,40)(H,41,42)/t24?,30-/m0/s1. The third-order valence-corrected chi connectivity index (χ3v) is 7.49. The molecule has 43 heavy (non-hydrogen) atoms. The first kappa shape index (κ1) is 29.2. The zero-order valence-electron chi connectivity index (χ0n) is 24.2. The first-order chi connectivity index (χ1) is 20.6. The lowest BCUT2D eigenvalue weighted by molar-refractivity contribution is -0.139. The van der Waals surface area contributed by atoms with Crippen molar-refractivity contribution in [1.29, 1.82) is 5.26 Å². The molecule has 0 bridgehead atoms. The van der Waals surface area contributed by atoms with Crippen molar-refractivity contribution in [2.45, 2.75) is 51.0 Å². The molecule has 0 radical (unpaired) electrons. The van der Waals surface area contributed by atoms with Crippen LogP contribution in [-0.4, -0.2) is 33.2 Å². The van der Waals surface area contributed by atoms with Crippen molar-refractivity contribution >= 4 is 17.4 Å². The second-order valence-corrected chi connectivity index (χ2v) is 11.6. The van der Waals surface area contributed by atoms with Gasteiger partial charge in [0.1, 0.15) is 6.04 Å². The van der Waals surface area contributed by atoms with Crippen LogP contribution in [0.25, 0.3) is 17.0 Å². The topological polar surface area (TPSA) is 129 Å². The van der Waals surface area contributed by atoms with Crippen LogP contribution in [0.1, 0.15) is 71.6 Å². The van der Waals surface area contributed by atoms with Gasteiger partial charge in [0.15, 0.2) is 0 Å². The largest absolute Gasteiger partial charge is 0.480 e. The lowest BCUT2D eigenvalue weighted by Gasteiger charge is -2.19. The quantitative estimate of drug-likeness (QED) is 0.248. The number of aromatic nitrogens is 2. The van der Waals surface area contributed by atoms with Crippen LogP contribution < -0.4 is 5.32 Å². The minimum absolute atomic E-state index is 0.0466. The number of carbonyl (C=O) groups excluding carboxylic acids is 1. The van der Waals surface area contributed by atoms with Crippen molar-refractivity contribution in [3.8, 4) is 17.5 Å². The molecule has 8 nitrogen and oxygen atoms in total. The Morgan fingerprint density at radius 3 is 2.47 bits per heavy atom. The summed E-state index contributed by atoms with van der Waals surface area (Å²) in [6.45, 7) is 6.27. The fourth-order valence-electron chi connectivity index (χ4n) is 4.91. The normalized spacial score (nSPS) is 15.3. The Morgan fingerprint density at radius 1 is 1.09 bits per heavy atom. The average Bonchev–Trinajstić information content (AvgIpc) is 3.51. The van der Waals surface area contributed by atoms with Crippen molar-refractivity contribution < 1.29 is 19.2 Å². The molecule has 1 unspecified atom stereocenters. The van der Waals surface area contributed by atoms with Crippen molar-refractivity contribution in [2.24, 2.45) is 0 Å². The number of nitriles is 1. The van der Waals surface area contributed by atoms with Crippen LogP contribution in [0.15, 0.2) is 95.5 Å². The van der Waals surface area contributed by atoms with Gasteiger partial charge >= 0.3 is 5.97 Å². The van der Waals surface area contributed by atoms with E-state index in [9.17, 15) is 20.0 Å². The van der Waals surface area contributed by atoms with E-state index in [0.29, 0.717) is 22.8 Å². The molecular formula is C35H32N4O4. The van der Waals surface area contributed by atoms with Gasteiger partial charge in [-0.2, -0.15) is 10.2 Å². The number of hydrogen-bond acceptors (Lipinski definition) is 6. The van der Waals surface area contributed by atoms with Gasteiger partial charge in [0.05, 0.1) is 11.6 Å². The molecule has 2 N–H and O–H groups in total. The Balaban J connectivity index is 1.21. The summed E-state index contributed by atoms with van der Waals surface area (Å²) < 4.78 is 5.52. The van der Waals surface area contributed by atoms with E-state index in [1.807, 2.05) is 42.5 Å². The van der Waals surface area contributed by atoms with Gasteiger partial charge in [0.25, 0.3) is 11.8 Å².